The fourth-order valence-corrected chi connectivity index (χ4v) is 2.71. The minimum Gasteiger partial charge on any atom is -0.378 e. The molecule has 2 rings (SSSR count). The fraction of sp³-hybridized carbons (Fsp3) is 0.562. The maximum atomic E-state index is 12.0. The SMILES string of the molecule is CC1(C)CCCNC1CNC(=O)C(O)c1ccccc1.Cl. The van der Waals surface area contributed by atoms with E-state index in [1.54, 1.807) is 12.1 Å². The third-order valence-electron chi connectivity index (χ3n) is 4.18. The molecule has 1 saturated heterocycles. The van der Waals surface area contributed by atoms with Crippen LogP contribution in [0.4, 0.5) is 0 Å². The van der Waals surface area contributed by atoms with E-state index in [1.807, 2.05) is 18.2 Å². The molecule has 1 aliphatic rings. The lowest BCUT2D eigenvalue weighted by atomic mass is 9.77. The van der Waals surface area contributed by atoms with E-state index in [1.165, 1.54) is 6.42 Å². The zero-order valence-corrected chi connectivity index (χ0v) is 13.5. The Morgan fingerprint density at radius 2 is 2.10 bits per heavy atom. The molecule has 0 saturated carbocycles. The van der Waals surface area contributed by atoms with Gasteiger partial charge in [-0.25, -0.2) is 0 Å². The first kappa shape index (κ1) is 18.0. The van der Waals surface area contributed by atoms with Gasteiger partial charge < -0.3 is 15.7 Å². The van der Waals surface area contributed by atoms with Crippen molar-refractivity contribution in [3.63, 3.8) is 0 Å². The van der Waals surface area contributed by atoms with Gasteiger partial charge in [0.05, 0.1) is 0 Å². The van der Waals surface area contributed by atoms with E-state index in [-0.39, 0.29) is 29.8 Å². The molecular formula is C16H25ClN2O2. The molecule has 1 aromatic carbocycles. The molecule has 2 atom stereocenters. The maximum absolute atomic E-state index is 12.0. The summed E-state index contributed by atoms with van der Waals surface area (Å²) in [5.74, 6) is -0.334. The number of amides is 1. The Hall–Kier alpha value is -1.10. The third-order valence-corrected chi connectivity index (χ3v) is 4.18. The molecule has 1 aliphatic heterocycles. The lowest BCUT2D eigenvalue weighted by Crippen LogP contribution is -2.53. The van der Waals surface area contributed by atoms with Crippen LogP contribution in [0.15, 0.2) is 30.3 Å². The third kappa shape index (κ3) is 4.70. The number of nitrogens with one attached hydrogen (secondary N) is 2. The van der Waals surface area contributed by atoms with Crippen LogP contribution in [0, 0.1) is 5.41 Å². The zero-order chi connectivity index (χ0) is 14.6. The summed E-state index contributed by atoms with van der Waals surface area (Å²) in [4.78, 5) is 12.0. The van der Waals surface area contributed by atoms with Gasteiger partial charge in [0.15, 0.2) is 6.10 Å². The van der Waals surface area contributed by atoms with Gasteiger partial charge in [0, 0.05) is 12.6 Å². The van der Waals surface area contributed by atoms with Gasteiger partial charge in [-0.1, -0.05) is 44.2 Å². The quantitative estimate of drug-likeness (QED) is 0.797. The Labute approximate surface area is 132 Å². The minimum absolute atomic E-state index is 0. The van der Waals surface area contributed by atoms with Crippen molar-refractivity contribution in [3.8, 4) is 0 Å². The topological polar surface area (TPSA) is 61.4 Å². The lowest BCUT2D eigenvalue weighted by molar-refractivity contribution is -0.129. The summed E-state index contributed by atoms with van der Waals surface area (Å²) in [6.45, 7) is 5.97. The van der Waals surface area contributed by atoms with E-state index in [0.29, 0.717) is 12.1 Å². The van der Waals surface area contributed by atoms with Gasteiger partial charge in [-0.3, -0.25) is 4.79 Å². The van der Waals surface area contributed by atoms with E-state index >= 15 is 0 Å². The van der Waals surface area contributed by atoms with E-state index in [0.717, 1.165) is 13.0 Å². The number of hydrogen-bond donors (Lipinski definition) is 3. The van der Waals surface area contributed by atoms with Crippen LogP contribution in [0.3, 0.4) is 0 Å². The fourth-order valence-electron chi connectivity index (χ4n) is 2.71. The second kappa shape index (κ2) is 7.78. The standard InChI is InChI=1S/C16H24N2O2.ClH/c1-16(2)9-6-10-17-13(16)11-18-15(20)14(19)12-7-4-3-5-8-12;/h3-5,7-8,13-14,17,19H,6,9-11H2,1-2H3,(H,18,20);1H. The predicted molar refractivity (Wildman–Crippen MR) is 86.5 cm³/mol. The van der Waals surface area contributed by atoms with Gasteiger partial charge in [-0.15, -0.1) is 12.4 Å². The molecular weight excluding hydrogens is 288 g/mol. The van der Waals surface area contributed by atoms with Crippen molar-refractivity contribution < 1.29 is 9.90 Å². The second-order valence-electron chi connectivity index (χ2n) is 6.16. The summed E-state index contributed by atoms with van der Waals surface area (Å²) in [7, 11) is 0. The van der Waals surface area contributed by atoms with Crippen LogP contribution in [-0.2, 0) is 4.79 Å². The summed E-state index contributed by atoms with van der Waals surface area (Å²) in [6.07, 6.45) is 1.23. The van der Waals surface area contributed by atoms with Crippen molar-refractivity contribution in [2.45, 2.75) is 38.8 Å². The van der Waals surface area contributed by atoms with Gasteiger partial charge in [0.2, 0.25) is 0 Å². The summed E-state index contributed by atoms with van der Waals surface area (Å²) in [6, 6.07) is 9.26. The summed E-state index contributed by atoms with van der Waals surface area (Å²) in [5.41, 5.74) is 0.796. The van der Waals surface area contributed by atoms with Gasteiger partial charge in [0.25, 0.3) is 5.91 Å². The first-order valence-corrected chi connectivity index (χ1v) is 7.25. The number of carbonyl (C=O) groups excluding carboxylic acids is 1. The number of aliphatic hydroxyl groups excluding tert-OH is 1. The van der Waals surface area contributed by atoms with Crippen LogP contribution in [-0.4, -0.2) is 30.1 Å². The Kier molecular flexibility index (Phi) is 6.65. The number of halogens is 1. The molecule has 5 heteroatoms. The van der Waals surface area contributed by atoms with E-state index in [4.69, 9.17) is 0 Å². The van der Waals surface area contributed by atoms with Crippen LogP contribution in [0.5, 0.6) is 0 Å². The maximum Gasteiger partial charge on any atom is 0.253 e. The van der Waals surface area contributed by atoms with E-state index in [9.17, 15) is 9.90 Å². The molecule has 118 valence electrons. The highest BCUT2D eigenvalue weighted by Gasteiger charge is 2.32. The molecule has 4 nitrogen and oxygen atoms in total. The summed E-state index contributed by atoms with van der Waals surface area (Å²) < 4.78 is 0. The van der Waals surface area contributed by atoms with Crippen LogP contribution >= 0.6 is 12.4 Å². The Balaban J connectivity index is 0.00000220. The highest BCUT2D eigenvalue weighted by atomic mass is 35.5. The number of rotatable bonds is 4. The molecule has 0 aromatic heterocycles. The average Bonchev–Trinajstić information content (AvgIpc) is 2.45. The molecule has 1 aromatic rings. The first-order chi connectivity index (χ1) is 9.50. The van der Waals surface area contributed by atoms with Crippen LogP contribution in [0.2, 0.25) is 0 Å². The van der Waals surface area contributed by atoms with Crippen molar-refractivity contribution in [3.05, 3.63) is 35.9 Å². The van der Waals surface area contributed by atoms with Crippen molar-refractivity contribution in [2.75, 3.05) is 13.1 Å². The van der Waals surface area contributed by atoms with Gasteiger partial charge >= 0.3 is 0 Å². The van der Waals surface area contributed by atoms with Crippen molar-refractivity contribution >= 4 is 18.3 Å². The van der Waals surface area contributed by atoms with E-state index in [2.05, 4.69) is 24.5 Å². The van der Waals surface area contributed by atoms with Gasteiger partial charge in [-0.2, -0.15) is 0 Å². The predicted octanol–water partition coefficient (Wildman–Crippen LogP) is 2.04. The number of carbonyl (C=O) groups is 1. The molecule has 0 spiro atoms. The molecule has 21 heavy (non-hydrogen) atoms. The summed E-state index contributed by atoms with van der Waals surface area (Å²) in [5, 5.41) is 16.3. The number of benzene rings is 1. The first-order valence-electron chi connectivity index (χ1n) is 7.25. The van der Waals surface area contributed by atoms with E-state index < -0.39 is 6.10 Å². The molecule has 0 radical (unpaired) electrons. The van der Waals surface area contributed by atoms with Crippen LogP contribution in [0.1, 0.15) is 38.4 Å². The number of piperidine rings is 1. The average molecular weight is 313 g/mol. The van der Waals surface area contributed by atoms with Gasteiger partial charge in [-0.05, 0) is 30.4 Å². The van der Waals surface area contributed by atoms with Crippen molar-refractivity contribution in [1.82, 2.24) is 10.6 Å². The number of hydrogen-bond acceptors (Lipinski definition) is 3. The monoisotopic (exact) mass is 312 g/mol. The lowest BCUT2D eigenvalue weighted by Gasteiger charge is -2.39. The highest BCUT2D eigenvalue weighted by Crippen LogP contribution is 2.29. The zero-order valence-electron chi connectivity index (χ0n) is 12.6. The molecule has 1 heterocycles. The summed E-state index contributed by atoms with van der Waals surface area (Å²) >= 11 is 0. The Morgan fingerprint density at radius 1 is 1.43 bits per heavy atom. The van der Waals surface area contributed by atoms with Gasteiger partial charge in [0.1, 0.15) is 0 Å². The molecule has 1 amide bonds. The van der Waals surface area contributed by atoms with Crippen molar-refractivity contribution in [1.29, 1.82) is 0 Å². The molecule has 3 N–H and O–H groups in total. The normalized spacial score (nSPS) is 22.0. The van der Waals surface area contributed by atoms with Crippen LogP contribution < -0.4 is 10.6 Å². The molecule has 0 bridgehead atoms. The second-order valence-corrected chi connectivity index (χ2v) is 6.16. The largest absolute Gasteiger partial charge is 0.378 e. The highest BCUT2D eigenvalue weighted by molar-refractivity contribution is 5.85. The van der Waals surface area contributed by atoms with Crippen LogP contribution in [0.25, 0.3) is 0 Å². The minimum atomic E-state index is -1.09. The van der Waals surface area contributed by atoms with Crippen molar-refractivity contribution in [2.24, 2.45) is 5.41 Å². The Bertz CT molecular complexity index is 451. The Morgan fingerprint density at radius 3 is 2.71 bits per heavy atom. The smallest absolute Gasteiger partial charge is 0.253 e. The molecule has 2 unspecified atom stereocenters. The number of aliphatic hydroxyl groups is 1. The molecule has 0 aliphatic carbocycles. The molecule has 1 fully saturated rings.